The molecule has 1 aliphatic heterocycles. The topological polar surface area (TPSA) is 69.3 Å². The summed E-state index contributed by atoms with van der Waals surface area (Å²) in [7, 11) is 4.18. The van der Waals surface area contributed by atoms with Crippen LogP contribution >= 0.6 is 0 Å². The largest absolute Gasteiger partial charge is 0.343 e. The Balaban J connectivity index is 1.55. The van der Waals surface area contributed by atoms with Crippen molar-refractivity contribution in [3.05, 3.63) is 40.4 Å². The number of likely N-dealkylation sites (tertiary alicyclic amines) is 1. The number of aryl methyl sites for hydroxylation is 1. The van der Waals surface area contributed by atoms with E-state index in [1.807, 2.05) is 23.1 Å². The highest BCUT2D eigenvalue weighted by Gasteiger charge is 2.23. The molecule has 2 heterocycles. The minimum absolute atomic E-state index is 0.141. The zero-order valence-corrected chi connectivity index (χ0v) is 15.0. The molecule has 1 aromatic heterocycles. The molecule has 6 nitrogen and oxygen atoms in total. The smallest absolute Gasteiger partial charge is 0.258 e. The number of rotatable bonds is 5. The van der Waals surface area contributed by atoms with Crippen molar-refractivity contribution in [2.75, 3.05) is 33.7 Å². The zero-order chi connectivity index (χ0) is 17.8. The van der Waals surface area contributed by atoms with Gasteiger partial charge in [-0.15, -0.1) is 0 Å². The van der Waals surface area contributed by atoms with E-state index in [0.717, 1.165) is 32.5 Å². The van der Waals surface area contributed by atoms with Crippen LogP contribution in [0.15, 0.2) is 29.1 Å². The Morgan fingerprint density at radius 2 is 2.00 bits per heavy atom. The van der Waals surface area contributed by atoms with Gasteiger partial charge >= 0.3 is 0 Å². The number of hydrogen-bond acceptors (Lipinski definition) is 4. The van der Waals surface area contributed by atoms with Gasteiger partial charge in [-0.3, -0.25) is 9.59 Å². The SMILES string of the molecule is CN(C)CC1CCN(C(=O)CCc2nc3ccccc3c(=O)[nH]2)CC1. The maximum Gasteiger partial charge on any atom is 0.258 e. The van der Waals surface area contributed by atoms with Gasteiger partial charge < -0.3 is 14.8 Å². The molecule has 0 atom stereocenters. The van der Waals surface area contributed by atoms with E-state index in [0.29, 0.717) is 35.5 Å². The number of amides is 1. The molecule has 134 valence electrons. The van der Waals surface area contributed by atoms with Crippen LogP contribution in [0.5, 0.6) is 0 Å². The van der Waals surface area contributed by atoms with Crippen molar-refractivity contribution < 1.29 is 4.79 Å². The average Bonchev–Trinajstić information content (AvgIpc) is 2.60. The summed E-state index contributed by atoms with van der Waals surface area (Å²) in [4.78, 5) is 35.9. The van der Waals surface area contributed by atoms with E-state index >= 15 is 0 Å². The van der Waals surface area contributed by atoms with Crippen molar-refractivity contribution in [3.63, 3.8) is 0 Å². The number of nitrogens with zero attached hydrogens (tertiary/aromatic N) is 3. The van der Waals surface area contributed by atoms with E-state index in [2.05, 4.69) is 29.0 Å². The van der Waals surface area contributed by atoms with Crippen LogP contribution in [0.2, 0.25) is 0 Å². The van der Waals surface area contributed by atoms with Crippen molar-refractivity contribution >= 4 is 16.8 Å². The van der Waals surface area contributed by atoms with Gasteiger partial charge in [0.1, 0.15) is 5.82 Å². The number of benzene rings is 1. The predicted molar refractivity (Wildman–Crippen MR) is 98.5 cm³/mol. The van der Waals surface area contributed by atoms with Crippen LogP contribution < -0.4 is 5.56 Å². The van der Waals surface area contributed by atoms with E-state index < -0.39 is 0 Å². The molecule has 1 aromatic carbocycles. The van der Waals surface area contributed by atoms with E-state index in [1.54, 1.807) is 6.07 Å². The number of aromatic nitrogens is 2. The molecule has 6 heteroatoms. The Kier molecular flexibility index (Phi) is 5.48. The zero-order valence-electron chi connectivity index (χ0n) is 15.0. The average molecular weight is 342 g/mol. The first-order chi connectivity index (χ1) is 12.0. The van der Waals surface area contributed by atoms with Crippen LogP contribution in [-0.4, -0.2) is 59.4 Å². The second-order valence-electron chi connectivity index (χ2n) is 7.12. The molecule has 3 rings (SSSR count). The van der Waals surface area contributed by atoms with E-state index in [4.69, 9.17) is 0 Å². The van der Waals surface area contributed by atoms with Crippen molar-refractivity contribution in [1.82, 2.24) is 19.8 Å². The van der Waals surface area contributed by atoms with E-state index in [1.165, 1.54) is 0 Å². The highest BCUT2D eigenvalue weighted by atomic mass is 16.2. The second-order valence-corrected chi connectivity index (χ2v) is 7.12. The number of H-pyrrole nitrogens is 1. The fourth-order valence-corrected chi connectivity index (χ4v) is 3.52. The van der Waals surface area contributed by atoms with E-state index in [-0.39, 0.29) is 11.5 Å². The molecule has 0 bridgehead atoms. The lowest BCUT2D eigenvalue weighted by Gasteiger charge is -2.33. The van der Waals surface area contributed by atoms with Crippen LogP contribution in [-0.2, 0) is 11.2 Å². The van der Waals surface area contributed by atoms with Gasteiger partial charge in [0.2, 0.25) is 5.91 Å². The van der Waals surface area contributed by atoms with Gasteiger partial charge in [0.05, 0.1) is 10.9 Å². The van der Waals surface area contributed by atoms with Crippen molar-refractivity contribution in [3.8, 4) is 0 Å². The monoisotopic (exact) mass is 342 g/mol. The number of hydrogen-bond donors (Lipinski definition) is 1. The number of para-hydroxylation sites is 1. The first-order valence-corrected chi connectivity index (χ1v) is 8.93. The molecule has 0 spiro atoms. The molecule has 0 unspecified atom stereocenters. The van der Waals surface area contributed by atoms with Crippen LogP contribution in [0, 0.1) is 5.92 Å². The molecule has 0 radical (unpaired) electrons. The van der Waals surface area contributed by atoms with Crippen LogP contribution in [0.1, 0.15) is 25.1 Å². The van der Waals surface area contributed by atoms with Crippen molar-refractivity contribution in [2.45, 2.75) is 25.7 Å². The number of carbonyl (C=O) groups excluding carboxylic acids is 1. The van der Waals surface area contributed by atoms with Crippen LogP contribution in [0.4, 0.5) is 0 Å². The fraction of sp³-hybridized carbons (Fsp3) is 0.526. The summed E-state index contributed by atoms with van der Waals surface area (Å²) in [6.45, 7) is 2.75. The van der Waals surface area contributed by atoms with Crippen molar-refractivity contribution in [2.24, 2.45) is 5.92 Å². The molecule has 1 amide bonds. The molecular weight excluding hydrogens is 316 g/mol. The first kappa shape index (κ1) is 17.6. The lowest BCUT2D eigenvalue weighted by Crippen LogP contribution is -2.40. The highest BCUT2D eigenvalue weighted by molar-refractivity contribution is 5.78. The number of fused-ring (bicyclic) bond motifs is 1. The molecular formula is C19H26N4O2. The minimum Gasteiger partial charge on any atom is -0.343 e. The fourth-order valence-electron chi connectivity index (χ4n) is 3.52. The standard InChI is InChI=1S/C19H26N4O2/c1-22(2)13-14-9-11-23(12-10-14)18(24)8-7-17-20-16-6-4-3-5-15(16)19(25)21-17/h3-6,14H,7-13H2,1-2H3,(H,20,21,25). The quantitative estimate of drug-likeness (QED) is 0.897. The van der Waals surface area contributed by atoms with Gasteiger partial charge in [-0.2, -0.15) is 0 Å². The van der Waals surface area contributed by atoms with Crippen LogP contribution in [0.25, 0.3) is 10.9 Å². The maximum atomic E-state index is 12.4. The summed E-state index contributed by atoms with van der Waals surface area (Å²) in [5.74, 6) is 1.41. The van der Waals surface area contributed by atoms with Gasteiger partial charge in [0.25, 0.3) is 5.56 Å². The highest BCUT2D eigenvalue weighted by Crippen LogP contribution is 2.18. The summed E-state index contributed by atoms with van der Waals surface area (Å²) in [5, 5.41) is 0.584. The normalized spacial score (nSPS) is 15.9. The minimum atomic E-state index is -0.141. The maximum absolute atomic E-state index is 12.4. The Hall–Kier alpha value is -2.21. The number of nitrogens with one attached hydrogen (secondary N) is 1. The molecule has 0 aliphatic carbocycles. The molecule has 0 saturated carbocycles. The second kappa shape index (κ2) is 7.78. The Morgan fingerprint density at radius 3 is 2.72 bits per heavy atom. The Bertz CT molecular complexity index is 791. The Morgan fingerprint density at radius 1 is 1.28 bits per heavy atom. The summed E-state index contributed by atoms with van der Waals surface area (Å²) >= 11 is 0. The van der Waals surface area contributed by atoms with Gasteiger partial charge in [-0.25, -0.2) is 4.98 Å². The summed E-state index contributed by atoms with van der Waals surface area (Å²) < 4.78 is 0. The summed E-state index contributed by atoms with van der Waals surface area (Å²) in [6, 6.07) is 7.27. The molecule has 1 fully saturated rings. The Labute approximate surface area is 147 Å². The lowest BCUT2D eigenvalue weighted by atomic mass is 9.96. The number of piperidine rings is 1. The molecule has 25 heavy (non-hydrogen) atoms. The first-order valence-electron chi connectivity index (χ1n) is 8.93. The van der Waals surface area contributed by atoms with Gasteiger partial charge in [-0.05, 0) is 45.0 Å². The predicted octanol–water partition coefficient (Wildman–Crippen LogP) is 1.66. The number of carbonyl (C=O) groups is 1. The summed E-state index contributed by atoms with van der Waals surface area (Å²) in [5.41, 5.74) is 0.538. The molecule has 1 N–H and O–H groups in total. The third-order valence-electron chi connectivity index (χ3n) is 4.83. The van der Waals surface area contributed by atoms with E-state index in [9.17, 15) is 9.59 Å². The number of aromatic amines is 1. The summed E-state index contributed by atoms with van der Waals surface area (Å²) in [6.07, 6.45) is 2.99. The van der Waals surface area contributed by atoms with Gasteiger partial charge in [0.15, 0.2) is 0 Å². The van der Waals surface area contributed by atoms with Crippen LogP contribution in [0.3, 0.4) is 0 Å². The molecule has 2 aromatic rings. The molecule has 1 aliphatic rings. The van der Waals surface area contributed by atoms with Gasteiger partial charge in [-0.1, -0.05) is 12.1 Å². The third kappa shape index (κ3) is 4.45. The lowest BCUT2D eigenvalue weighted by molar-refractivity contribution is -0.132. The third-order valence-corrected chi connectivity index (χ3v) is 4.83. The van der Waals surface area contributed by atoms with Crippen molar-refractivity contribution in [1.29, 1.82) is 0 Å². The van der Waals surface area contributed by atoms with Gasteiger partial charge in [0, 0.05) is 32.5 Å². The molecule has 1 saturated heterocycles.